The number of benzene rings is 1. The maximum absolute atomic E-state index is 11.9. The normalized spacial score (nSPS) is 13.6. The van der Waals surface area contributed by atoms with E-state index in [1.54, 1.807) is 21.1 Å². The molecule has 1 aromatic rings. The topological polar surface area (TPSA) is 67.8 Å². The Morgan fingerprint density at radius 2 is 2.10 bits per heavy atom. The predicted molar refractivity (Wildman–Crippen MR) is 81.6 cm³/mol. The van der Waals surface area contributed by atoms with Gasteiger partial charge in [0.2, 0.25) is 5.91 Å². The summed E-state index contributed by atoms with van der Waals surface area (Å²) in [7, 11) is 3.19. The van der Waals surface area contributed by atoms with Gasteiger partial charge in [0.25, 0.3) is 0 Å². The van der Waals surface area contributed by atoms with Gasteiger partial charge in [0.1, 0.15) is 5.75 Å². The van der Waals surface area contributed by atoms with E-state index in [1.807, 2.05) is 25.1 Å². The number of carbonyl (C=O) groups excluding carboxylic acids is 1. The second-order valence-electron chi connectivity index (χ2n) is 5.50. The van der Waals surface area contributed by atoms with Crippen LogP contribution in [-0.4, -0.2) is 44.0 Å². The van der Waals surface area contributed by atoms with Crippen molar-refractivity contribution in [2.75, 3.05) is 27.4 Å². The number of methoxy groups -OCH3 is 2. The third-order valence-corrected chi connectivity index (χ3v) is 3.35. The number of amides is 1. The van der Waals surface area contributed by atoms with E-state index in [9.17, 15) is 9.90 Å². The first-order chi connectivity index (χ1) is 9.88. The van der Waals surface area contributed by atoms with Crippen LogP contribution in [0.25, 0.3) is 0 Å². The van der Waals surface area contributed by atoms with Crippen molar-refractivity contribution in [3.63, 3.8) is 0 Å². The highest BCUT2D eigenvalue weighted by Gasteiger charge is 2.20. The summed E-state index contributed by atoms with van der Waals surface area (Å²) in [5.41, 5.74) is 0.951. The van der Waals surface area contributed by atoms with Crippen LogP contribution in [0.5, 0.6) is 5.75 Å². The quantitative estimate of drug-likeness (QED) is 0.762. The number of aliphatic hydroxyl groups is 1. The van der Waals surface area contributed by atoms with Gasteiger partial charge in [-0.05, 0) is 31.0 Å². The van der Waals surface area contributed by atoms with Crippen molar-refractivity contribution < 1.29 is 19.4 Å². The number of hydrogen-bond donors (Lipinski definition) is 2. The molecule has 0 bridgehead atoms. The summed E-state index contributed by atoms with van der Waals surface area (Å²) in [5.74, 6) is 0.644. The van der Waals surface area contributed by atoms with Gasteiger partial charge in [-0.15, -0.1) is 0 Å². The van der Waals surface area contributed by atoms with E-state index in [-0.39, 0.29) is 18.9 Å². The number of aryl methyl sites for hydroxylation is 1. The molecule has 5 heteroatoms. The summed E-state index contributed by atoms with van der Waals surface area (Å²) >= 11 is 0. The smallest absolute Gasteiger partial charge is 0.224 e. The zero-order valence-corrected chi connectivity index (χ0v) is 13.2. The third kappa shape index (κ3) is 6.14. The summed E-state index contributed by atoms with van der Waals surface area (Å²) in [4.78, 5) is 11.9. The van der Waals surface area contributed by atoms with Crippen LogP contribution >= 0.6 is 0 Å². The average molecular weight is 295 g/mol. The lowest BCUT2D eigenvalue weighted by molar-refractivity contribution is -0.121. The molecule has 0 radical (unpaired) electrons. The summed E-state index contributed by atoms with van der Waals surface area (Å²) in [6, 6.07) is 5.69. The molecule has 1 unspecified atom stereocenters. The van der Waals surface area contributed by atoms with Crippen LogP contribution < -0.4 is 10.1 Å². The molecule has 1 aromatic carbocycles. The van der Waals surface area contributed by atoms with Crippen molar-refractivity contribution in [3.8, 4) is 5.75 Å². The first-order valence-electron chi connectivity index (χ1n) is 6.99. The molecule has 0 aliphatic heterocycles. The summed E-state index contributed by atoms with van der Waals surface area (Å²) in [6.45, 7) is 4.30. The fraction of sp³-hybridized carbons (Fsp3) is 0.562. The van der Waals surface area contributed by atoms with Crippen molar-refractivity contribution >= 4 is 5.91 Å². The van der Waals surface area contributed by atoms with Crippen LogP contribution in [0.3, 0.4) is 0 Å². The molecule has 0 aliphatic carbocycles. The average Bonchev–Trinajstić information content (AvgIpc) is 2.45. The highest BCUT2D eigenvalue weighted by molar-refractivity contribution is 5.78. The molecule has 0 fully saturated rings. The van der Waals surface area contributed by atoms with E-state index in [0.717, 1.165) is 16.9 Å². The van der Waals surface area contributed by atoms with Gasteiger partial charge in [0.05, 0.1) is 19.1 Å². The molecule has 0 saturated heterocycles. The van der Waals surface area contributed by atoms with Crippen LogP contribution in [0.1, 0.15) is 24.5 Å². The van der Waals surface area contributed by atoms with Gasteiger partial charge in [0.15, 0.2) is 0 Å². The van der Waals surface area contributed by atoms with Gasteiger partial charge < -0.3 is 19.9 Å². The molecular weight excluding hydrogens is 270 g/mol. The van der Waals surface area contributed by atoms with E-state index in [4.69, 9.17) is 9.47 Å². The fourth-order valence-corrected chi connectivity index (χ4v) is 1.92. The van der Waals surface area contributed by atoms with Gasteiger partial charge in [-0.2, -0.15) is 0 Å². The first kappa shape index (κ1) is 17.5. The molecule has 0 spiro atoms. The van der Waals surface area contributed by atoms with Crippen LogP contribution in [0.4, 0.5) is 0 Å². The summed E-state index contributed by atoms with van der Waals surface area (Å²) in [6.07, 6.45) is 0.735. The maximum atomic E-state index is 11.9. The molecular formula is C16H25NO4. The second kappa shape index (κ2) is 8.00. The fourth-order valence-electron chi connectivity index (χ4n) is 1.92. The van der Waals surface area contributed by atoms with Crippen molar-refractivity contribution in [2.45, 2.75) is 32.3 Å². The molecule has 21 heavy (non-hydrogen) atoms. The Labute approximate surface area is 126 Å². The number of nitrogens with one attached hydrogen (secondary N) is 1. The van der Waals surface area contributed by atoms with Gasteiger partial charge in [-0.3, -0.25) is 4.79 Å². The molecule has 1 atom stereocenters. The third-order valence-electron chi connectivity index (χ3n) is 3.35. The number of carbonyl (C=O) groups is 1. The highest BCUT2D eigenvalue weighted by atomic mass is 16.5. The van der Waals surface area contributed by atoms with Gasteiger partial charge in [-0.1, -0.05) is 12.1 Å². The van der Waals surface area contributed by atoms with Crippen molar-refractivity contribution in [2.24, 2.45) is 0 Å². The lowest BCUT2D eigenvalue weighted by Crippen LogP contribution is -2.41. The Morgan fingerprint density at radius 1 is 1.38 bits per heavy atom. The molecule has 118 valence electrons. The minimum absolute atomic E-state index is 0.126. The van der Waals surface area contributed by atoms with Crippen LogP contribution in [0, 0.1) is 6.92 Å². The van der Waals surface area contributed by atoms with E-state index in [2.05, 4.69) is 5.32 Å². The van der Waals surface area contributed by atoms with E-state index in [0.29, 0.717) is 13.0 Å². The van der Waals surface area contributed by atoms with E-state index >= 15 is 0 Å². The summed E-state index contributed by atoms with van der Waals surface area (Å²) in [5, 5.41) is 12.8. The monoisotopic (exact) mass is 295 g/mol. The van der Waals surface area contributed by atoms with Gasteiger partial charge >= 0.3 is 0 Å². The number of ether oxygens (including phenoxy) is 2. The standard InChI is InChI=1S/C16H25NO4/c1-12-5-6-13(9-14(12)21-4)10-15(18)17-11-16(2,19)7-8-20-3/h5-6,9,19H,7-8,10-11H2,1-4H3,(H,17,18). The van der Waals surface area contributed by atoms with Crippen molar-refractivity contribution in [1.82, 2.24) is 5.32 Å². The molecule has 1 rings (SSSR count). The Bertz CT molecular complexity index is 471. The molecule has 0 aliphatic rings. The van der Waals surface area contributed by atoms with Crippen LogP contribution in [-0.2, 0) is 16.0 Å². The number of rotatable bonds is 8. The number of hydrogen-bond acceptors (Lipinski definition) is 4. The maximum Gasteiger partial charge on any atom is 0.224 e. The predicted octanol–water partition coefficient (Wildman–Crippen LogP) is 1.45. The molecule has 0 heterocycles. The van der Waals surface area contributed by atoms with Crippen molar-refractivity contribution in [3.05, 3.63) is 29.3 Å². The Hall–Kier alpha value is -1.59. The Balaban J connectivity index is 2.50. The Morgan fingerprint density at radius 3 is 2.71 bits per heavy atom. The molecule has 0 aromatic heterocycles. The SMILES string of the molecule is COCCC(C)(O)CNC(=O)Cc1ccc(C)c(OC)c1. The van der Waals surface area contributed by atoms with Crippen LogP contribution in [0.15, 0.2) is 18.2 Å². The van der Waals surface area contributed by atoms with Crippen molar-refractivity contribution in [1.29, 1.82) is 0 Å². The molecule has 2 N–H and O–H groups in total. The second-order valence-corrected chi connectivity index (χ2v) is 5.50. The zero-order chi connectivity index (χ0) is 15.9. The molecule has 1 amide bonds. The Kier molecular flexibility index (Phi) is 6.65. The minimum atomic E-state index is -0.962. The van der Waals surface area contributed by atoms with Gasteiger partial charge in [-0.25, -0.2) is 0 Å². The highest BCUT2D eigenvalue weighted by Crippen LogP contribution is 2.19. The van der Waals surface area contributed by atoms with Gasteiger partial charge in [0, 0.05) is 26.7 Å². The molecule has 5 nitrogen and oxygen atoms in total. The molecule has 0 saturated carbocycles. The van der Waals surface area contributed by atoms with Crippen LogP contribution in [0.2, 0.25) is 0 Å². The van der Waals surface area contributed by atoms with E-state index < -0.39 is 5.60 Å². The first-order valence-corrected chi connectivity index (χ1v) is 6.99. The largest absolute Gasteiger partial charge is 0.496 e. The lowest BCUT2D eigenvalue weighted by atomic mass is 10.0. The minimum Gasteiger partial charge on any atom is -0.496 e. The lowest BCUT2D eigenvalue weighted by Gasteiger charge is -2.23. The summed E-state index contributed by atoms with van der Waals surface area (Å²) < 4.78 is 10.2. The zero-order valence-electron chi connectivity index (χ0n) is 13.2. The van der Waals surface area contributed by atoms with E-state index in [1.165, 1.54) is 0 Å².